The summed E-state index contributed by atoms with van der Waals surface area (Å²) < 4.78 is 12.3. The molecule has 0 fully saturated rings. The molecule has 2 rings (SSSR count). The van der Waals surface area contributed by atoms with Crippen molar-refractivity contribution in [3.63, 3.8) is 0 Å². The molecule has 2 aromatic carbocycles. The minimum absolute atomic E-state index is 0.207. The SMILES string of the molecule is COc1ccc(C(=O)NNC(=O)COc2ccc(Br)c(C)c2)cc1I. The second-order valence-corrected chi connectivity index (χ2v) is 7.07. The summed E-state index contributed by atoms with van der Waals surface area (Å²) in [5, 5.41) is 0. The summed E-state index contributed by atoms with van der Waals surface area (Å²) in [5.74, 6) is 0.372. The molecule has 25 heavy (non-hydrogen) atoms. The number of hydrazine groups is 1. The third kappa shape index (κ3) is 5.60. The predicted octanol–water partition coefficient (Wildman–Crippen LogP) is 3.21. The van der Waals surface area contributed by atoms with Gasteiger partial charge in [-0.05, 0) is 71.5 Å². The van der Waals surface area contributed by atoms with Crippen LogP contribution in [0.1, 0.15) is 15.9 Å². The van der Waals surface area contributed by atoms with E-state index in [0.717, 1.165) is 13.6 Å². The lowest BCUT2D eigenvalue weighted by Gasteiger charge is -2.10. The first-order chi connectivity index (χ1) is 11.9. The predicted molar refractivity (Wildman–Crippen MR) is 106 cm³/mol. The molecule has 0 aliphatic rings. The molecule has 8 heteroatoms. The summed E-state index contributed by atoms with van der Waals surface area (Å²) in [6.45, 7) is 1.72. The Morgan fingerprint density at radius 2 is 1.92 bits per heavy atom. The molecule has 132 valence electrons. The first-order valence-electron chi connectivity index (χ1n) is 7.22. The van der Waals surface area contributed by atoms with Gasteiger partial charge in [-0.3, -0.25) is 20.4 Å². The van der Waals surface area contributed by atoms with Crippen LogP contribution in [0, 0.1) is 10.5 Å². The smallest absolute Gasteiger partial charge is 0.276 e. The highest BCUT2D eigenvalue weighted by atomic mass is 127. The molecular formula is C17H16BrIN2O4. The monoisotopic (exact) mass is 518 g/mol. The van der Waals surface area contributed by atoms with E-state index in [4.69, 9.17) is 9.47 Å². The summed E-state index contributed by atoms with van der Waals surface area (Å²) in [7, 11) is 1.56. The van der Waals surface area contributed by atoms with Crippen LogP contribution in [0.25, 0.3) is 0 Å². The van der Waals surface area contributed by atoms with E-state index in [0.29, 0.717) is 17.1 Å². The molecule has 0 aliphatic carbocycles. The second-order valence-electron chi connectivity index (χ2n) is 5.05. The normalized spacial score (nSPS) is 10.1. The van der Waals surface area contributed by atoms with Crippen molar-refractivity contribution < 1.29 is 19.1 Å². The van der Waals surface area contributed by atoms with Gasteiger partial charge in [-0.1, -0.05) is 15.9 Å². The number of hydrogen-bond donors (Lipinski definition) is 2. The fraction of sp³-hybridized carbons (Fsp3) is 0.176. The van der Waals surface area contributed by atoms with Crippen molar-refractivity contribution >= 4 is 50.3 Å². The number of nitrogens with one attached hydrogen (secondary N) is 2. The van der Waals surface area contributed by atoms with Gasteiger partial charge in [-0.25, -0.2) is 0 Å². The maximum absolute atomic E-state index is 12.0. The molecule has 0 heterocycles. The van der Waals surface area contributed by atoms with Crippen molar-refractivity contribution in [2.75, 3.05) is 13.7 Å². The fourth-order valence-electron chi connectivity index (χ4n) is 1.90. The molecule has 0 unspecified atom stereocenters. The zero-order valence-corrected chi connectivity index (χ0v) is 17.3. The Kier molecular flexibility index (Phi) is 7.06. The topological polar surface area (TPSA) is 76.7 Å². The average Bonchev–Trinajstić information content (AvgIpc) is 2.60. The van der Waals surface area contributed by atoms with Crippen LogP contribution in [0.4, 0.5) is 0 Å². The van der Waals surface area contributed by atoms with Crippen LogP contribution < -0.4 is 20.3 Å². The second kappa shape index (κ2) is 9.04. The van der Waals surface area contributed by atoms with Crippen LogP contribution in [-0.2, 0) is 4.79 Å². The number of halogens is 2. The lowest BCUT2D eigenvalue weighted by molar-refractivity contribution is -0.123. The number of methoxy groups -OCH3 is 1. The molecule has 0 saturated heterocycles. The minimum atomic E-state index is -0.461. The van der Waals surface area contributed by atoms with Gasteiger partial charge in [0.15, 0.2) is 6.61 Å². The lowest BCUT2D eigenvalue weighted by atomic mass is 10.2. The number of ether oxygens (including phenoxy) is 2. The van der Waals surface area contributed by atoms with Gasteiger partial charge < -0.3 is 9.47 Å². The third-order valence-corrected chi connectivity index (χ3v) is 4.96. The van der Waals surface area contributed by atoms with E-state index in [1.165, 1.54) is 0 Å². The number of benzene rings is 2. The highest BCUT2D eigenvalue weighted by Gasteiger charge is 2.10. The van der Waals surface area contributed by atoms with Crippen molar-refractivity contribution in [1.29, 1.82) is 0 Å². The Morgan fingerprint density at radius 1 is 1.16 bits per heavy atom. The lowest BCUT2D eigenvalue weighted by Crippen LogP contribution is -2.43. The standard InChI is InChI=1S/C17H16BrIN2O4/c1-10-7-12(4-5-13(10)18)25-9-16(22)20-21-17(23)11-3-6-15(24-2)14(19)8-11/h3-8H,9H2,1-2H3,(H,20,22)(H,21,23). The Balaban J connectivity index is 1.83. The van der Waals surface area contributed by atoms with Gasteiger partial charge in [-0.15, -0.1) is 0 Å². The van der Waals surface area contributed by atoms with E-state index in [9.17, 15) is 9.59 Å². The van der Waals surface area contributed by atoms with Crippen LogP contribution in [0.5, 0.6) is 11.5 Å². The zero-order valence-electron chi connectivity index (χ0n) is 13.6. The summed E-state index contributed by atoms with van der Waals surface area (Å²) in [4.78, 5) is 23.8. The van der Waals surface area contributed by atoms with Gasteiger partial charge in [0, 0.05) is 10.0 Å². The van der Waals surface area contributed by atoms with E-state index < -0.39 is 11.8 Å². The average molecular weight is 519 g/mol. The van der Waals surface area contributed by atoms with Gasteiger partial charge in [0.1, 0.15) is 11.5 Å². The van der Waals surface area contributed by atoms with Crippen molar-refractivity contribution in [3.05, 3.63) is 55.6 Å². The van der Waals surface area contributed by atoms with Crippen LogP contribution >= 0.6 is 38.5 Å². The number of carbonyl (C=O) groups excluding carboxylic acids is 2. The molecule has 2 N–H and O–H groups in total. The van der Waals surface area contributed by atoms with Crippen molar-refractivity contribution in [1.82, 2.24) is 10.9 Å². The Labute approximate surface area is 167 Å². The Morgan fingerprint density at radius 3 is 2.56 bits per heavy atom. The number of rotatable bonds is 5. The first kappa shape index (κ1) is 19.5. The van der Waals surface area contributed by atoms with Gasteiger partial charge in [0.25, 0.3) is 11.8 Å². The summed E-state index contributed by atoms with van der Waals surface area (Å²) in [6.07, 6.45) is 0. The van der Waals surface area contributed by atoms with Crippen molar-refractivity contribution in [2.45, 2.75) is 6.92 Å². The Hall–Kier alpha value is -1.81. The van der Waals surface area contributed by atoms with E-state index >= 15 is 0 Å². The largest absolute Gasteiger partial charge is 0.496 e. The quantitative estimate of drug-likeness (QED) is 0.471. The highest BCUT2D eigenvalue weighted by Crippen LogP contribution is 2.22. The Bertz CT molecular complexity index is 798. The van der Waals surface area contributed by atoms with Crippen LogP contribution in [0.15, 0.2) is 40.9 Å². The number of carbonyl (C=O) groups is 2. The molecule has 2 amide bonds. The van der Waals surface area contributed by atoms with Crippen LogP contribution in [0.2, 0.25) is 0 Å². The summed E-state index contributed by atoms with van der Waals surface area (Å²) >= 11 is 5.47. The molecule has 2 aromatic rings. The molecule has 0 aliphatic heterocycles. The fourth-order valence-corrected chi connectivity index (χ4v) is 2.88. The molecule has 6 nitrogen and oxygen atoms in total. The van der Waals surface area contributed by atoms with Crippen LogP contribution in [-0.4, -0.2) is 25.5 Å². The molecule has 0 radical (unpaired) electrons. The van der Waals surface area contributed by atoms with Crippen molar-refractivity contribution in [2.24, 2.45) is 0 Å². The number of hydrogen-bond acceptors (Lipinski definition) is 4. The van der Waals surface area contributed by atoms with Gasteiger partial charge in [0.2, 0.25) is 0 Å². The van der Waals surface area contributed by atoms with Crippen molar-refractivity contribution in [3.8, 4) is 11.5 Å². The van der Waals surface area contributed by atoms with Gasteiger partial charge >= 0.3 is 0 Å². The minimum Gasteiger partial charge on any atom is -0.496 e. The molecular weight excluding hydrogens is 503 g/mol. The number of aryl methyl sites for hydroxylation is 1. The number of amides is 2. The zero-order chi connectivity index (χ0) is 18.4. The summed E-state index contributed by atoms with van der Waals surface area (Å²) in [5.41, 5.74) is 6.08. The molecule has 0 spiro atoms. The van der Waals surface area contributed by atoms with Gasteiger partial charge in [-0.2, -0.15) is 0 Å². The highest BCUT2D eigenvalue weighted by molar-refractivity contribution is 14.1. The maximum atomic E-state index is 12.0. The molecule has 0 bridgehead atoms. The van der Waals surface area contributed by atoms with E-state index in [1.54, 1.807) is 31.4 Å². The third-order valence-electron chi connectivity index (χ3n) is 3.23. The first-order valence-corrected chi connectivity index (χ1v) is 9.09. The van der Waals surface area contributed by atoms with E-state index in [-0.39, 0.29) is 6.61 Å². The van der Waals surface area contributed by atoms with E-state index in [2.05, 4.69) is 49.4 Å². The van der Waals surface area contributed by atoms with E-state index in [1.807, 2.05) is 19.1 Å². The van der Waals surface area contributed by atoms with Gasteiger partial charge in [0.05, 0.1) is 10.7 Å². The van der Waals surface area contributed by atoms with Crippen LogP contribution in [0.3, 0.4) is 0 Å². The molecule has 0 atom stereocenters. The molecule has 0 saturated carbocycles. The summed E-state index contributed by atoms with van der Waals surface area (Å²) in [6, 6.07) is 10.4. The maximum Gasteiger partial charge on any atom is 0.276 e. The molecule has 0 aromatic heterocycles.